The number of anilines is 1. The van der Waals surface area contributed by atoms with E-state index in [0.717, 1.165) is 23.7 Å². The third kappa shape index (κ3) is 2.41. The van der Waals surface area contributed by atoms with E-state index in [2.05, 4.69) is 11.0 Å². The first kappa shape index (κ1) is 13.5. The number of hydrogen-bond donors (Lipinski definition) is 1. The van der Waals surface area contributed by atoms with E-state index in [4.69, 9.17) is 0 Å². The molecular weight excluding hydrogens is 248 g/mol. The van der Waals surface area contributed by atoms with E-state index in [1.165, 1.54) is 38.5 Å². The van der Waals surface area contributed by atoms with E-state index >= 15 is 0 Å². The number of benzene rings is 1. The van der Waals surface area contributed by atoms with Crippen LogP contribution in [0.4, 0.5) is 5.69 Å². The molecule has 106 valence electrons. The SMILES string of the molecule is N#Cc1cc(CO)ccc1N1CCCC2CCCCC21. The average Bonchev–Trinajstić information content (AvgIpc) is 2.53. The Balaban J connectivity index is 1.93. The first-order chi connectivity index (χ1) is 9.83. The van der Waals surface area contributed by atoms with Crippen LogP contribution in [0, 0.1) is 17.2 Å². The molecule has 3 rings (SSSR count). The van der Waals surface area contributed by atoms with E-state index in [-0.39, 0.29) is 6.61 Å². The molecule has 2 fully saturated rings. The molecule has 3 heteroatoms. The molecule has 1 aromatic carbocycles. The lowest BCUT2D eigenvalue weighted by atomic mass is 9.78. The van der Waals surface area contributed by atoms with E-state index in [9.17, 15) is 10.4 Å². The number of piperidine rings is 1. The summed E-state index contributed by atoms with van der Waals surface area (Å²) in [4.78, 5) is 2.47. The zero-order valence-electron chi connectivity index (χ0n) is 11.9. The molecule has 1 aliphatic heterocycles. The van der Waals surface area contributed by atoms with E-state index < -0.39 is 0 Å². The summed E-state index contributed by atoms with van der Waals surface area (Å²) >= 11 is 0. The van der Waals surface area contributed by atoms with Gasteiger partial charge in [-0.15, -0.1) is 0 Å². The van der Waals surface area contributed by atoms with Crippen LogP contribution in [0.2, 0.25) is 0 Å². The van der Waals surface area contributed by atoms with Gasteiger partial charge in [0.1, 0.15) is 6.07 Å². The van der Waals surface area contributed by atoms with Crippen molar-refractivity contribution >= 4 is 5.69 Å². The molecule has 1 saturated carbocycles. The molecule has 0 spiro atoms. The third-order valence-electron chi connectivity index (χ3n) is 4.92. The Morgan fingerprint density at radius 2 is 2.00 bits per heavy atom. The van der Waals surface area contributed by atoms with Gasteiger partial charge >= 0.3 is 0 Å². The first-order valence-corrected chi connectivity index (χ1v) is 7.74. The lowest BCUT2D eigenvalue weighted by Gasteiger charge is -2.45. The predicted molar refractivity (Wildman–Crippen MR) is 79.4 cm³/mol. The molecule has 0 bridgehead atoms. The van der Waals surface area contributed by atoms with Gasteiger partial charge in [0.15, 0.2) is 0 Å². The molecule has 1 N–H and O–H groups in total. The van der Waals surface area contributed by atoms with Crippen LogP contribution < -0.4 is 4.90 Å². The smallest absolute Gasteiger partial charge is 0.101 e. The van der Waals surface area contributed by atoms with Crippen LogP contribution in [0.1, 0.15) is 49.7 Å². The van der Waals surface area contributed by atoms with Gasteiger partial charge in [-0.2, -0.15) is 5.26 Å². The van der Waals surface area contributed by atoms with Crippen molar-refractivity contribution in [3.8, 4) is 6.07 Å². The number of nitrogens with zero attached hydrogens (tertiary/aromatic N) is 2. The van der Waals surface area contributed by atoms with E-state index in [1.807, 2.05) is 18.2 Å². The minimum absolute atomic E-state index is 0.00101. The summed E-state index contributed by atoms with van der Waals surface area (Å²) in [6, 6.07) is 8.74. The van der Waals surface area contributed by atoms with Crippen molar-refractivity contribution in [2.45, 2.75) is 51.2 Å². The van der Waals surface area contributed by atoms with Gasteiger partial charge in [0.05, 0.1) is 17.9 Å². The molecule has 2 unspecified atom stereocenters. The third-order valence-corrected chi connectivity index (χ3v) is 4.92. The van der Waals surface area contributed by atoms with Crippen LogP contribution >= 0.6 is 0 Å². The monoisotopic (exact) mass is 270 g/mol. The predicted octanol–water partition coefficient (Wildman–Crippen LogP) is 3.21. The minimum atomic E-state index is 0.00101. The number of rotatable bonds is 2. The van der Waals surface area contributed by atoms with Gasteiger partial charge in [-0.25, -0.2) is 0 Å². The molecule has 1 saturated heterocycles. The molecule has 1 heterocycles. The molecule has 0 aromatic heterocycles. The molecular formula is C17H22N2O. The Morgan fingerprint density at radius 1 is 1.20 bits per heavy atom. The van der Waals surface area contributed by atoms with Gasteiger partial charge < -0.3 is 10.0 Å². The highest BCUT2D eigenvalue weighted by Crippen LogP contribution is 2.38. The van der Waals surface area contributed by atoms with E-state index in [0.29, 0.717) is 11.6 Å². The van der Waals surface area contributed by atoms with Crippen molar-refractivity contribution in [1.82, 2.24) is 0 Å². The standard InChI is InChI=1S/C17H22N2O/c18-11-15-10-13(12-20)7-8-17(15)19-9-3-5-14-4-1-2-6-16(14)19/h7-8,10,14,16,20H,1-6,9,12H2. The number of nitriles is 1. The summed E-state index contributed by atoms with van der Waals surface area (Å²) in [7, 11) is 0. The molecule has 1 aromatic rings. The van der Waals surface area contributed by atoms with Crippen LogP contribution in [0.15, 0.2) is 18.2 Å². The number of aliphatic hydroxyl groups is 1. The molecule has 0 amide bonds. The number of fused-ring (bicyclic) bond motifs is 1. The average molecular weight is 270 g/mol. The highest BCUT2D eigenvalue weighted by molar-refractivity contribution is 5.61. The highest BCUT2D eigenvalue weighted by Gasteiger charge is 2.34. The van der Waals surface area contributed by atoms with Crippen LogP contribution in [0.5, 0.6) is 0 Å². The fourth-order valence-electron chi connectivity index (χ4n) is 3.95. The van der Waals surface area contributed by atoms with Crippen molar-refractivity contribution in [2.75, 3.05) is 11.4 Å². The maximum absolute atomic E-state index is 9.41. The van der Waals surface area contributed by atoms with Crippen molar-refractivity contribution in [2.24, 2.45) is 5.92 Å². The minimum Gasteiger partial charge on any atom is -0.392 e. The Bertz CT molecular complexity index is 518. The summed E-state index contributed by atoms with van der Waals surface area (Å²) < 4.78 is 0. The molecule has 20 heavy (non-hydrogen) atoms. The Hall–Kier alpha value is -1.53. The second kappa shape index (κ2) is 5.85. The summed E-state index contributed by atoms with van der Waals surface area (Å²) in [5.41, 5.74) is 2.60. The summed E-state index contributed by atoms with van der Waals surface area (Å²) in [5.74, 6) is 0.807. The molecule has 2 atom stereocenters. The van der Waals surface area contributed by atoms with Crippen molar-refractivity contribution in [1.29, 1.82) is 5.26 Å². The highest BCUT2D eigenvalue weighted by atomic mass is 16.3. The van der Waals surface area contributed by atoms with Crippen LogP contribution in [0.25, 0.3) is 0 Å². The fraction of sp³-hybridized carbons (Fsp3) is 0.588. The Kier molecular flexibility index (Phi) is 3.93. The molecule has 3 nitrogen and oxygen atoms in total. The topological polar surface area (TPSA) is 47.3 Å². The summed E-state index contributed by atoms with van der Waals surface area (Å²) in [5, 5.41) is 18.6. The van der Waals surface area contributed by atoms with Crippen LogP contribution in [-0.4, -0.2) is 17.7 Å². The van der Waals surface area contributed by atoms with Gasteiger partial charge in [0, 0.05) is 12.6 Å². The Morgan fingerprint density at radius 3 is 2.80 bits per heavy atom. The lowest BCUT2D eigenvalue weighted by molar-refractivity contribution is 0.243. The quantitative estimate of drug-likeness (QED) is 0.897. The van der Waals surface area contributed by atoms with Gasteiger partial charge in [0.25, 0.3) is 0 Å². The van der Waals surface area contributed by atoms with Gasteiger partial charge in [-0.3, -0.25) is 0 Å². The van der Waals surface area contributed by atoms with Crippen LogP contribution in [0.3, 0.4) is 0 Å². The second-order valence-corrected chi connectivity index (χ2v) is 6.07. The first-order valence-electron chi connectivity index (χ1n) is 7.74. The largest absolute Gasteiger partial charge is 0.392 e. The normalized spacial score (nSPS) is 25.9. The summed E-state index contributed by atoms with van der Waals surface area (Å²) in [6.45, 7) is 1.06. The van der Waals surface area contributed by atoms with Crippen molar-refractivity contribution in [3.05, 3.63) is 29.3 Å². The molecule has 0 radical (unpaired) electrons. The van der Waals surface area contributed by atoms with Crippen molar-refractivity contribution in [3.63, 3.8) is 0 Å². The number of aliphatic hydroxyl groups excluding tert-OH is 1. The van der Waals surface area contributed by atoms with Gasteiger partial charge in [-0.05, 0) is 49.3 Å². The Labute approximate surface area is 120 Å². The van der Waals surface area contributed by atoms with Crippen LogP contribution in [-0.2, 0) is 6.61 Å². The second-order valence-electron chi connectivity index (χ2n) is 6.07. The van der Waals surface area contributed by atoms with Gasteiger partial charge in [-0.1, -0.05) is 18.9 Å². The molecule has 1 aliphatic carbocycles. The zero-order chi connectivity index (χ0) is 13.9. The van der Waals surface area contributed by atoms with Gasteiger partial charge in [0.2, 0.25) is 0 Å². The number of hydrogen-bond acceptors (Lipinski definition) is 3. The maximum Gasteiger partial charge on any atom is 0.101 e. The zero-order valence-corrected chi connectivity index (χ0v) is 11.9. The van der Waals surface area contributed by atoms with Crippen molar-refractivity contribution < 1.29 is 5.11 Å². The molecule has 2 aliphatic rings. The summed E-state index contributed by atoms with van der Waals surface area (Å²) in [6.07, 6.45) is 7.86. The fourth-order valence-corrected chi connectivity index (χ4v) is 3.95. The maximum atomic E-state index is 9.41. The van der Waals surface area contributed by atoms with E-state index in [1.54, 1.807) is 0 Å². The lowest BCUT2D eigenvalue weighted by Crippen LogP contribution is -2.47.